The van der Waals surface area contributed by atoms with Crippen molar-refractivity contribution in [3.05, 3.63) is 75.2 Å². The van der Waals surface area contributed by atoms with Crippen molar-refractivity contribution in [2.24, 2.45) is 0 Å². The average Bonchev–Trinajstić information content (AvgIpc) is 2.75. The van der Waals surface area contributed by atoms with Crippen LogP contribution in [-0.4, -0.2) is 17.5 Å². The highest BCUT2D eigenvalue weighted by Gasteiger charge is 2.15. The maximum Gasteiger partial charge on any atom is 0.291 e. The zero-order valence-corrected chi connectivity index (χ0v) is 17.9. The van der Waals surface area contributed by atoms with Crippen molar-refractivity contribution in [1.82, 2.24) is 4.98 Å². The highest BCUT2D eigenvalue weighted by atomic mass is 79.9. The number of carbonyl (C=O) groups excluding carboxylic acids is 1. The maximum atomic E-state index is 12.8. The van der Waals surface area contributed by atoms with Crippen LogP contribution < -0.4 is 15.5 Å². The third-order valence-electron chi connectivity index (χ3n) is 4.65. The minimum absolute atomic E-state index is 0.0601. The molecule has 0 bridgehead atoms. The number of nitrogens with one attached hydrogen (secondary N) is 1. The lowest BCUT2D eigenvalue weighted by atomic mass is 10.1. The van der Waals surface area contributed by atoms with Gasteiger partial charge < -0.3 is 14.5 Å². The van der Waals surface area contributed by atoms with Gasteiger partial charge in [-0.15, -0.1) is 0 Å². The van der Waals surface area contributed by atoms with Crippen LogP contribution in [0.25, 0.3) is 21.9 Å². The first-order chi connectivity index (χ1) is 14.6. The van der Waals surface area contributed by atoms with Gasteiger partial charge in [-0.3, -0.25) is 14.6 Å². The van der Waals surface area contributed by atoms with Gasteiger partial charge in [-0.1, -0.05) is 29.3 Å². The zero-order chi connectivity index (χ0) is 21.1. The van der Waals surface area contributed by atoms with Gasteiger partial charge in [0.05, 0.1) is 17.7 Å². The highest BCUT2D eigenvalue weighted by molar-refractivity contribution is 9.10. The van der Waals surface area contributed by atoms with E-state index in [1.807, 2.05) is 6.07 Å². The number of hydrogen-bond acceptors (Lipinski definition) is 5. The van der Waals surface area contributed by atoms with Crippen LogP contribution in [0.2, 0.25) is 0 Å². The van der Waals surface area contributed by atoms with Crippen molar-refractivity contribution in [1.29, 1.82) is 0 Å². The molecule has 0 unspecified atom stereocenters. The number of benzene rings is 2. The van der Waals surface area contributed by atoms with Crippen molar-refractivity contribution in [3.8, 4) is 5.75 Å². The summed E-state index contributed by atoms with van der Waals surface area (Å²) in [7, 11) is 0. The molecule has 0 spiro atoms. The Morgan fingerprint density at radius 1 is 1.17 bits per heavy atom. The minimum Gasteiger partial charge on any atom is -0.491 e. The molecule has 0 aliphatic heterocycles. The Hall–Kier alpha value is -3.19. The lowest BCUT2D eigenvalue weighted by molar-refractivity contribution is 0.0997. The number of rotatable bonds is 6. The van der Waals surface area contributed by atoms with E-state index in [4.69, 9.17) is 9.15 Å². The number of ether oxygens (including phenoxy) is 1. The number of fused-ring (bicyclic) bond motifs is 2. The number of hydrogen-bond donors (Lipinski definition) is 1. The number of aromatic nitrogens is 1. The number of carbonyl (C=O) groups is 1. The fourth-order valence-corrected chi connectivity index (χ4v) is 3.48. The second-order valence-electron chi connectivity index (χ2n) is 6.78. The topological polar surface area (TPSA) is 81.4 Å². The van der Waals surface area contributed by atoms with Gasteiger partial charge in [0.15, 0.2) is 11.2 Å². The fourth-order valence-electron chi connectivity index (χ4n) is 3.12. The second kappa shape index (κ2) is 8.67. The van der Waals surface area contributed by atoms with Gasteiger partial charge in [0.1, 0.15) is 16.8 Å². The van der Waals surface area contributed by atoms with Crippen molar-refractivity contribution in [3.63, 3.8) is 0 Å². The molecular weight excluding hydrogens is 448 g/mol. The van der Waals surface area contributed by atoms with E-state index < -0.39 is 5.91 Å². The normalized spacial score (nSPS) is 11.0. The van der Waals surface area contributed by atoms with Crippen LogP contribution >= 0.6 is 15.9 Å². The Bertz CT molecular complexity index is 1300. The summed E-state index contributed by atoms with van der Waals surface area (Å²) in [6.07, 6.45) is 3.67. The summed E-state index contributed by atoms with van der Waals surface area (Å²) in [4.78, 5) is 29.6. The molecule has 2 heterocycles. The number of halogens is 1. The van der Waals surface area contributed by atoms with Gasteiger partial charge in [-0.25, -0.2) is 0 Å². The van der Waals surface area contributed by atoms with Gasteiger partial charge in [0.2, 0.25) is 0 Å². The van der Waals surface area contributed by atoms with Crippen molar-refractivity contribution in [2.75, 3.05) is 11.9 Å². The molecule has 0 aliphatic rings. The van der Waals surface area contributed by atoms with E-state index in [1.54, 1.807) is 42.6 Å². The molecule has 0 saturated carbocycles. The number of anilines is 1. The molecule has 0 atom stereocenters. The summed E-state index contributed by atoms with van der Waals surface area (Å²) in [6.45, 7) is 2.70. The zero-order valence-electron chi connectivity index (χ0n) is 16.3. The van der Waals surface area contributed by atoms with Crippen molar-refractivity contribution in [2.45, 2.75) is 19.8 Å². The third kappa shape index (κ3) is 4.07. The molecule has 2 aromatic heterocycles. The molecule has 6 nitrogen and oxygen atoms in total. The molecule has 7 heteroatoms. The van der Waals surface area contributed by atoms with Crippen LogP contribution in [0.5, 0.6) is 5.75 Å². The number of unbranched alkanes of at least 4 members (excludes halogenated alkanes) is 1. The van der Waals surface area contributed by atoms with Crippen LogP contribution in [-0.2, 0) is 0 Å². The third-order valence-corrected chi connectivity index (χ3v) is 5.14. The van der Waals surface area contributed by atoms with Gasteiger partial charge in [0.25, 0.3) is 5.91 Å². The molecular formula is C23H19BrN2O4. The first-order valence-corrected chi connectivity index (χ1v) is 10.4. The maximum absolute atomic E-state index is 12.8. The molecule has 1 amide bonds. The quantitative estimate of drug-likeness (QED) is 0.377. The lowest BCUT2D eigenvalue weighted by Crippen LogP contribution is -2.15. The Balaban J connectivity index is 1.67. The monoisotopic (exact) mass is 466 g/mol. The van der Waals surface area contributed by atoms with Crippen molar-refractivity contribution < 1.29 is 13.9 Å². The smallest absolute Gasteiger partial charge is 0.291 e. The van der Waals surface area contributed by atoms with Crippen LogP contribution in [0.4, 0.5) is 5.69 Å². The molecule has 0 radical (unpaired) electrons. The summed E-state index contributed by atoms with van der Waals surface area (Å²) in [5.41, 5.74) is 1.29. The lowest BCUT2D eigenvalue weighted by Gasteiger charge is -2.12. The Labute approximate surface area is 181 Å². The summed E-state index contributed by atoms with van der Waals surface area (Å²) < 4.78 is 12.3. The van der Waals surface area contributed by atoms with E-state index in [2.05, 4.69) is 33.2 Å². The Morgan fingerprint density at radius 3 is 2.87 bits per heavy atom. The Kier molecular flexibility index (Phi) is 5.81. The summed E-state index contributed by atoms with van der Waals surface area (Å²) in [5, 5.41) is 3.97. The predicted molar refractivity (Wildman–Crippen MR) is 120 cm³/mol. The molecule has 0 aliphatic carbocycles. The largest absolute Gasteiger partial charge is 0.491 e. The van der Waals surface area contributed by atoms with E-state index >= 15 is 0 Å². The molecule has 1 N–H and O–H groups in total. The van der Waals surface area contributed by atoms with E-state index in [0.29, 0.717) is 34.5 Å². The van der Waals surface area contributed by atoms with Crippen LogP contribution in [0.1, 0.15) is 30.3 Å². The predicted octanol–water partition coefficient (Wildman–Crippen LogP) is 5.53. The molecule has 0 saturated heterocycles. The SMILES string of the molecule is CCCCOc1ccc(NC(=O)c2cc(=O)c3cc(Br)ccc3o2)c2cccnc12. The standard InChI is InChI=1S/C23H19BrN2O4/c1-2-3-11-29-20-9-7-17(15-5-4-10-25-22(15)20)26-23(28)21-13-18(27)16-12-14(24)6-8-19(16)30-21/h4-10,12-13H,2-3,11H2,1H3,(H,26,28). The summed E-state index contributed by atoms with van der Waals surface area (Å²) >= 11 is 3.33. The average molecular weight is 467 g/mol. The van der Waals surface area contributed by atoms with Crippen LogP contribution in [0, 0.1) is 0 Å². The van der Waals surface area contributed by atoms with E-state index in [0.717, 1.165) is 22.7 Å². The molecule has 4 rings (SSSR count). The van der Waals surface area contributed by atoms with Crippen LogP contribution in [0.3, 0.4) is 0 Å². The number of nitrogens with zero attached hydrogens (tertiary/aromatic N) is 1. The first-order valence-electron chi connectivity index (χ1n) is 9.62. The van der Waals surface area contributed by atoms with E-state index in [1.165, 1.54) is 6.07 Å². The highest BCUT2D eigenvalue weighted by Crippen LogP contribution is 2.30. The number of amides is 1. The Morgan fingerprint density at radius 2 is 2.03 bits per heavy atom. The van der Waals surface area contributed by atoms with E-state index in [-0.39, 0.29) is 11.2 Å². The summed E-state index contributed by atoms with van der Waals surface area (Å²) in [5.74, 6) is 0.0942. The molecule has 2 aromatic carbocycles. The van der Waals surface area contributed by atoms with Gasteiger partial charge in [-0.05, 0) is 48.9 Å². The van der Waals surface area contributed by atoms with Gasteiger partial charge in [-0.2, -0.15) is 0 Å². The molecule has 30 heavy (non-hydrogen) atoms. The van der Waals surface area contributed by atoms with Gasteiger partial charge >= 0.3 is 0 Å². The van der Waals surface area contributed by atoms with E-state index in [9.17, 15) is 9.59 Å². The fraction of sp³-hybridized carbons (Fsp3) is 0.174. The number of pyridine rings is 1. The molecule has 0 fully saturated rings. The van der Waals surface area contributed by atoms with Crippen LogP contribution in [0.15, 0.2) is 68.4 Å². The molecule has 4 aromatic rings. The summed E-state index contributed by atoms with van der Waals surface area (Å²) in [6, 6.07) is 13.5. The first kappa shape index (κ1) is 20.1. The molecule has 152 valence electrons. The van der Waals surface area contributed by atoms with Gasteiger partial charge in [0, 0.05) is 22.1 Å². The minimum atomic E-state index is -0.512. The second-order valence-corrected chi connectivity index (χ2v) is 7.70. The van der Waals surface area contributed by atoms with Crippen molar-refractivity contribution >= 4 is 49.4 Å².